The molecule has 6 nitrogen and oxygen atoms in total. The number of benzene rings is 2. The molecule has 1 fully saturated rings. The van der Waals surface area contributed by atoms with Crippen molar-refractivity contribution in [1.29, 1.82) is 0 Å². The predicted molar refractivity (Wildman–Crippen MR) is 102 cm³/mol. The number of amides is 3. The van der Waals surface area contributed by atoms with Crippen LogP contribution < -0.4 is 10.9 Å². The second-order valence-electron chi connectivity index (χ2n) is 6.10. The highest BCUT2D eigenvalue weighted by Gasteiger charge is 2.38. The molecule has 1 saturated heterocycles. The molecule has 3 amide bonds. The van der Waals surface area contributed by atoms with Gasteiger partial charge in [-0.25, -0.2) is 5.43 Å². The largest absolute Gasteiger partial charge is 0.287 e. The lowest BCUT2D eigenvalue weighted by Crippen LogP contribution is -2.48. The summed E-state index contributed by atoms with van der Waals surface area (Å²) in [5, 5.41) is 0.607. The van der Waals surface area contributed by atoms with E-state index in [1.54, 1.807) is 0 Å². The molecule has 0 aromatic heterocycles. The molecule has 0 aliphatic carbocycles. The van der Waals surface area contributed by atoms with Crippen molar-refractivity contribution in [3.8, 4) is 0 Å². The highest BCUT2D eigenvalue weighted by molar-refractivity contribution is 6.36. The van der Waals surface area contributed by atoms with Crippen LogP contribution in [0.25, 0.3) is 0 Å². The van der Waals surface area contributed by atoms with Crippen LogP contribution in [0.5, 0.6) is 0 Å². The van der Waals surface area contributed by atoms with E-state index in [-0.39, 0.29) is 28.8 Å². The van der Waals surface area contributed by atoms with Gasteiger partial charge in [-0.2, -0.15) is 0 Å². The first-order valence-corrected chi connectivity index (χ1v) is 9.10. The maximum atomic E-state index is 12.4. The van der Waals surface area contributed by atoms with Crippen LogP contribution in [-0.2, 0) is 16.0 Å². The topological polar surface area (TPSA) is 78.5 Å². The van der Waals surface area contributed by atoms with E-state index in [0.29, 0.717) is 18.0 Å². The third kappa shape index (κ3) is 4.66. The number of nitrogens with one attached hydrogen (secondary N) is 2. The van der Waals surface area contributed by atoms with Gasteiger partial charge in [-0.05, 0) is 30.2 Å². The Bertz CT molecular complexity index is 874. The molecule has 8 heteroatoms. The lowest BCUT2D eigenvalue weighted by molar-refractivity contribution is -0.138. The van der Waals surface area contributed by atoms with Gasteiger partial charge in [0.1, 0.15) is 6.04 Å². The van der Waals surface area contributed by atoms with Crippen LogP contribution in [0.1, 0.15) is 22.3 Å². The number of nitrogens with zero attached hydrogens (tertiary/aromatic N) is 1. The molecule has 2 aromatic carbocycles. The van der Waals surface area contributed by atoms with Gasteiger partial charge in [0.2, 0.25) is 11.8 Å². The number of hydrogen-bond donors (Lipinski definition) is 2. The molecule has 0 spiro atoms. The van der Waals surface area contributed by atoms with Crippen LogP contribution >= 0.6 is 23.2 Å². The summed E-state index contributed by atoms with van der Waals surface area (Å²) < 4.78 is 0. The predicted octanol–water partition coefficient (Wildman–Crippen LogP) is 2.60. The van der Waals surface area contributed by atoms with Gasteiger partial charge in [-0.1, -0.05) is 53.5 Å². The molecular weight excluding hydrogens is 389 g/mol. The number of carbonyl (C=O) groups is 3. The number of halogens is 2. The van der Waals surface area contributed by atoms with E-state index in [0.717, 1.165) is 5.56 Å². The van der Waals surface area contributed by atoms with Crippen LogP contribution in [0.15, 0.2) is 48.5 Å². The summed E-state index contributed by atoms with van der Waals surface area (Å²) in [4.78, 5) is 38.0. The highest BCUT2D eigenvalue weighted by Crippen LogP contribution is 2.21. The van der Waals surface area contributed by atoms with Gasteiger partial charge in [0.25, 0.3) is 5.91 Å². The Hall–Kier alpha value is -2.41. The molecular formula is C19H17Cl2N3O3. The highest BCUT2D eigenvalue weighted by atomic mass is 35.5. The van der Waals surface area contributed by atoms with Crippen LogP contribution in [0.2, 0.25) is 10.0 Å². The zero-order valence-electron chi connectivity index (χ0n) is 14.2. The number of rotatable bonds is 6. The molecule has 2 aromatic rings. The van der Waals surface area contributed by atoms with Gasteiger partial charge in [0.15, 0.2) is 0 Å². The summed E-state index contributed by atoms with van der Waals surface area (Å²) in [6, 6.07) is 13.3. The number of hydrogen-bond acceptors (Lipinski definition) is 4. The van der Waals surface area contributed by atoms with E-state index in [9.17, 15) is 14.4 Å². The van der Waals surface area contributed by atoms with E-state index in [1.807, 2.05) is 30.3 Å². The van der Waals surface area contributed by atoms with Crippen molar-refractivity contribution in [2.75, 3.05) is 6.54 Å². The number of carbonyl (C=O) groups excluding carboxylic acids is 3. The van der Waals surface area contributed by atoms with E-state index in [2.05, 4.69) is 10.9 Å². The minimum atomic E-state index is -0.803. The van der Waals surface area contributed by atoms with Gasteiger partial charge >= 0.3 is 0 Å². The summed E-state index contributed by atoms with van der Waals surface area (Å²) in [6.07, 6.45) is 0.569. The SMILES string of the molecule is O=C(NNC1CC(=O)N(CCc2ccccc2)C1=O)c1ccc(Cl)cc1Cl. The summed E-state index contributed by atoms with van der Waals surface area (Å²) in [7, 11) is 0. The van der Waals surface area contributed by atoms with Crippen molar-refractivity contribution in [1.82, 2.24) is 15.8 Å². The van der Waals surface area contributed by atoms with Gasteiger partial charge in [0.05, 0.1) is 17.0 Å². The lowest BCUT2D eigenvalue weighted by Gasteiger charge is -2.16. The van der Waals surface area contributed by atoms with Crippen molar-refractivity contribution in [3.05, 3.63) is 69.7 Å². The average molecular weight is 406 g/mol. The molecule has 1 unspecified atom stereocenters. The van der Waals surface area contributed by atoms with E-state index >= 15 is 0 Å². The molecule has 140 valence electrons. The molecule has 0 radical (unpaired) electrons. The second kappa shape index (κ2) is 8.52. The fourth-order valence-corrected chi connectivity index (χ4v) is 3.30. The first-order chi connectivity index (χ1) is 13.0. The quantitative estimate of drug-likeness (QED) is 0.571. The molecule has 1 aliphatic rings. The molecule has 27 heavy (non-hydrogen) atoms. The van der Waals surface area contributed by atoms with Gasteiger partial charge < -0.3 is 0 Å². The van der Waals surface area contributed by atoms with Gasteiger partial charge in [0, 0.05) is 11.6 Å². The molecule has 2 N–H and O–H groups in total. The first-order valence-electron chi connectivity index (χ1n) is 8.35. The van der Waals surface area contributed by atoms with Crippen molar-refractivity contribution < 1.29 is 14.4 Å². The molecule has 1 heterocycles. The first kappa shape index (κ1) is 19.4. The third-order valence-corrected chi connectivity index (χ3v) is 4.79. The van der Waals surface area contributed by atoms with E-state index in [1.165, 1.54) is 23.1 Å². The normalized spacial score (nSPS) is 16.7. The van der Waals surface area contributed by atoms with Crippen LogP contribution in [0, 0.1) is 0 Å². The van der Waals surface area contributed by atoms with Crippen molar-refractivity contribution in [2.24, 2.45) is 0 Å². The van der Waals surface area contributed by atoms with E-state index in [4.69, 9.17) is 23.2 Å². The van der Waals surface area contributed by atoms with Gasteiger partial charge in [-0.15, -0.1) is 0 Å². The number of imide groups is 1. The Balaban J connectivity index is 1.56. The second-order valence-corrected chi connectivity index (χ2v) is 6.94. The maximum absolute atomic E-state index is 12.4. The Labute approximate surface area is 166 Å². The zero-order chi connectivity index (χ0) is 19.4. The van der Waals surface area contributed by atoms with Crippen molar-refractivity contribution >= 4 is 40.9 Å². The molecule has 1 atom stereocenters. The Morgan fingerprint density at radius 2 is 1.85 bits per heavy atom. The maximum Gasteiger partial charge on any atom is 0.266 e. The van der Waals surface area contributed by atoms with Crippen LogP contribution in [0.4, 0.5) is 0 Å². The molecule has 1 aliphatic heterocycles. The number of hydrazine groups is 1. The fourth-order valence-electron chi connectivity index (χ4n) is 2.81. The van der Waals surface area contributed by atoms with Crippen LogP contribution in [0.3, 0.4) is 0 Å². The average Bonchev–Trinajstić information content (AvgIpc) is 2.92. The lowest BCUT2D eigenvalue weighted by atomic mass is 10.1. The Morgan fingerprint density at radius 1 is 1.11 bits per heavy atom. The number of likely N-dealkylation sites (tertiary alicyclic amines) is 1. The molecule has 0 saturated carbocycles. The minimum absolute atomic E-state index is 0.0117. The van der Waals surface area contributed by atoms with Gasteiger partial charge in [-0.3, -0.25) is 24.7 Å². The fraction of sp³-hybridized carbons (Fsp3) is 0.211. The standard InChI is InChI=1S/C19H17Cl2N3O3/c20-13-6-7-14(15(21)10-13)18(26)23-22-16-11-17(25)24(19(16)27)9-8-12-4-2-1-3-5-12/h1-7,10,16,22H,8-9,11H2,(H,23,26). The summed E-state index contributed by atoms with van der Waals surface area (Å²) in [6.45, 7) is 0.302. The zero-order valence-corrected chi connectivity index (χ0v) is 15.8. The minimum Gasteiger partial charge on any atom is -0.287 e. The molecule has 0 bridgehead atoms. The van der Waals surface area contributed by atoms with E-state index < -0.39 is 11.9 Å². The monoisotopic (exact) mass is 405 g/mol. The van der Waals surface area contributed by atoms with Crippen molar-refractivity contribution in [2.45, 2.75) is 18.9 Å². The summed E-state index contributed by atoms with van der Waals surface area (Å²) in [5.74, 6) is -1.15. The summed E-state index contributed by atoms with van der Waals surface area (Å²) in [5.41, 5.74) is 6.31. The summed E-state index contributed by atoms with van der Waals surface area (Å²) >= 11 is 11.8. The smallest absolute Gasteiger partial charge is 0.266 e. The Kier molecular flexibility index (Phi) is 6.11. The molecule has 3 rings (SSSR count). The van der Waals surface area contributed by atoms with Crippen molar-refractivity contribution in [3.63, 3.8) is 0 Å². The third-order valence-electron chi connectivity index (χ3n) is 4.25. The Morgan fingerprint density at radius 3 is 2.56 bits per heavy atom. The van der Waals surface area contributed by atoms with Crippen LogP contribution in [-0.4, -0.2) is 35.2 Å².